The molecular formula is C15H18F3NO3. The molecule has 1 heterocycles. The lowest BCUT2D eigenvalue weighted by Crippen LogP contribution is -2.42. The van der Waals surface area contributed by atoms with E-state index < -0.39 is 18.7 Å². The average Bonchev–Trinajstić information content (AvgIpc) is 2.47. The number of piperidine rings is 1. The molecular weight excluding hydrogens is 299 g/mol. The van der Waals surface area contributed by atoms with Gasteiger partial charge in [-0.15, -0.1) is 0 Å². The minimum atomic E-state index is -4.19. The maximum absolute atomic E-state index is 12.3. The lowest BCUT2D eigenvalue weighted by molar-refractivity contribution is -0.150. The minimum absolute atomic E-state index is 0.267. The van der Waals surface area contributed by atoms with Gasteiger partial charge in [-0.25, -0.2) is 4.79 Å². The fourth-order valence-corrected chi connectivity index (χ4v) is 2.47. The predicted octanol–water partition coefficient (Wildman–Crippen LogP) is 2.88. The summed E-state index contributed by atoms with van der Waals surface area (Å²) in [5.41, 5.74) is 0.322. The smallest absolute Gasteiger partial charge is 0.401 e. The summed E-state index contributed by atoms with van der Waals surface area (Å²) in [6.45, 7) is -0.382. The fourth-order valence-electron chi connectivity index (χ4n) is 2.47. The van der Waals surface area contributed by atoms with Crippen molar-refractivity contribution in [3.63, 3.8) is 0 Å². The van der Waals surface area contributed by atoms with Crippen LogP contribution in [0.2, 0.25) is 0 Å². The first-order chi connectivity index (χ1) is 10.4. The molecule has 0 bridgehead atoms. The Morgan fingerprint density at radius 1 is 1.27 bits per heavy atom. The maximum atomic E-state index is 12.3. The second-order valence-corrected chi connectivity index (χ2v) is 5.20. The first-order valence-corrected chi connectivity index (χ1v) is 7.02. The van der Waals surface area contributed by atoms with Gasteiger partial charge >= 0.3 is 12.1 Å². The fraction of sp³-hybridized carbons (Fsp3) is 0.533. The van der Waals surface area contributed by atoms with E-state index in [0.717, 1.165) is 0 Å². The molecule has 0 radical (unpaired) electrons. The molecule has 0 aliphatic carbocycles. The molecule has 0 N–H and O–H groups in total. The number of likely N-dealkylation sites (tertiary alicyclic amines) is 1. The number of hydrogen-bond donors (Lipinski definition) is 0. The Morgan fingerprint density at radius 3 is 2.50 bits per heavy atom. The predicted molar refractivity (Wildman–Crippen MR) is 73.9 cm³/mol. The highest BCUT2D eigenvalue weighted by molar-refractivity contribution is 5.92. The summed E-state index contributed by atoms with van der Waals surface area (Å²) in [4.78, 5) is 13.4. The maximum Gasteiger partial charge on any atom is 0.401 e. The molecule has 1 aliphatic heterocycles. The van der Waals surface area contributed by atoms with Crippen LogP contribution in [-0.4, -0.2) is 49.9 Å². The summed E-state index contributed by atoms with van der Waals surface area (Å²) in [7, 11) is 1.46. The van der Waals surface area contributed by atoms with Gasteiger partial charge in [0.1, 0.15) is 17.4 Å². The number of ether oxygens (including phenoxy) is 2. The summed E-state index contributed by atoms with van der Waals surface area (Å²) in [6.07, 6.45) is -3.75. The van der Waals surface area contributed by atoms with E-state index in [2.05, 4.69) is 0 Å². The lowest BCUT2D eigenvalue weighted by Gasteiger charge is -2.32. The van der Waals surface area contributed by atoms with E-state index >= 15 is 0 Å². The van der Waals surface area contributed by atoms with E-state index in [1.807, 2.05) is 0 Å². The third-order valence-corrected chi connectivity index (χ3v) is 3.54. The zero-order valence-corrected chi connectivity index (χ0v) is 12.2. The van der Waals surface area contributed by atoms with Crippen LogP contribution in [0.15, 0.2) is 24.3 Å². The van der Waals surface area contributed by atoms with Crippen LogP contribution in [0.3, 0.4) is 0 Å². The molecule has 0 amide bonds. The van der Waals surface area contributed by atoms with E-state index in [1.165, 1.54) is 12.0 Å². The molecule has 1 saturated heterocycles. The molecule has 1 aromatic rings. The molecule has 7 heteroatoms. The Morgan fingerprint density at radius 2 is 1.91 bits per heavy atom. The zero-order valence-electron chi connectivity index (χ0n) is 12.2. The molecule has 0 unspecified atom stereocenters. The highest BCUT2D eigenvalue weighted by Crippen LogP contribution is 2.23. The third-order valence-electron chi connectivity index (χ3n) is 3.54. The van der Waals surface area contributed by atoms with Crippen LogP contribution < -0.4 is 4.74 Å². The van der Waals surface area contributed by atoms with E-state index in [1.54, 1.807) is 24.3 Å². The van der Waals surface area contributed by atoms with Gasteiger partial charge in [0.25, 0.3) is 0 Å². The van der Waals surface area contributed by atoms with Crippen LogP contribution in [0.1, 0.15) is 23.2 Å². The number of alkyl halides is 3. The number of para-hydroxylation sites is 1. The summed E-state index contributed by atoms with van der Waals surface area (Å²) in [5.74, 6) is -0.0891. The normalized spacial score (nSPS) is 17.3. The quantitative estimate of drug-likeness (QED) is 0.801. The van der Waals surface area contributed by atoms with E-state index in [0.29, 0.717) is 24.2 Å². The standard InChI is InChI=1S/C15H18F3NO3/c1-21-13-5-3-2-4-12(13)14(20)22-11-6-8-19(9-7-11)10-15(16,17)18/h2-5,11H,6-10H2,1H3. The molecule has 4 nitrogen and oxygen atoms in total. The van der Waals surface area contributed by atoms with Crippen molar-refractivity contribution in [3.05, 3.63) is 29.8 Å². The largest absolute Gasteiger partial charge is 0.496 e. The Kier molecular flexibility index (Phi) is 5.28. The van der Waals surface area contributed by atoms with Crippen molar-refractivity contribution in [3.8, 4) is 5.75 Å². The van der Waals surface area contributed by atoms with Crippen molar-refractivity contribution in [1.82, 2.24) is 4.90 Å². The number of carbonyl (C=O) groups excluding carboxylic acids is 1. The Bertz CT molecular complexity index is 511. The first kappa shape index (κ1) is 16.6. The van der Waals surface area contributed by atoms with Crippen molar-refractivity contribution in [2.24, 2.45) is 0 Å². The molecule has 0 atom stereocenters. The van der Waals surface area contributed by atoms with Crippen molar-refractivity contribution in [2.75, 3.05) is 26.7 Å². The van der Waals surface area contributed by atoms with Crippen molar-refractivity contribution < 1.29 is 27.4 Å². The number of hydrogen-bond acceptors (Lipinski definition) is 4. The third kappa shape index (κ3) is 4.62. The van der Waals surface area contributed by atoms with Crippen LogP contribution >= 0.6 is 0 Å². The summed E-state index contributed by atoms with van der Waals surface area (Å²) >= 11 is 0. The number of halogens is 3. The first-order valence-electron chi connectivity index (χ1n) is 7.02. The van der Waals surface area contributed by atoms with Gasteiger partial charge in [-0.1, -0.05) is 12.1 Å². The van der Waals surface area contributed by atoms with Gasteiger partial charge < -0.3 is 9.47 Å². The number of carbonyl (C=O) groups is 1. The number of esters is 1. The number of methoxy groups -OCH3 is 1. The lowest BCUT2D eigenvalue weighted by atomic mass is 10.1. The summed E-state index contributed by atoms with van der Waals surface area (Å²) in [6, 6.07) is 6.69. The molecule has 2 rings (SSSR count). The highest BCUT2D eigenvalue weighted by Gasteiger charge is 2.33. The molecule has 122 valence electrons. The van der Waals surface area contributed by atoms with Gasteiger partial charge in [0.05, 0.1) is 13.7 Å². The summed E-state index contributed by atoms with van der Waals surface area (Å²) in [5, 5.41) is 0. The van der Waals surface area contributed by atoms with Gasteiger partial charge in [-0.05, 0) is 25.0 Å². The SMILES string of the molecule is COc1ccccc1C(=O)OC1CCN(CC(F)(F)F)CC1. The number of rotatable bonds is 4. The molecule has 1 aromatic carbocycles. The molecule has 22 heavy (non-hydrogen) atoms. The molecule has 0 saturated carbocycles. The van der Waals surface area contributed by atoms with Crippen LogP contribution in [0.4, 0.5) is 13.2 Å². The average molecular weight is 317 g/mol. The van der Waals surface area contributed by atoms with Gasteiger partial charge in [-0.2, -0.15) is 13.2 Å². The second kappa shape index (κ2) is 7.00. The number of nitrogens with zero attached hydrogens (tertiary/aromatic N) is 1. The Balaban J connectivity index is 1.87. The van der Waals surface area contributed by atoms with Crippen molar-refractivity contribution in [2.45, 2.75) is 25.1 Å². The van der Waals surface area contributed by atoms with Gasteiger partial charge in [-0.3, -0.25) is 4.90 Å². The second-order valence-electron chi connectivity index (χ2n) is 5.20. The highest BCUT2D eigenvalue weighted by atomic mass is 19.4. The summed E-state index contributed by atoms with van der Waals surface area (Å²) < 4.78 is 47.4. The van der Waals surface area contributed by atoms with Gasteiger partial charge in [0, 0.05) is 13.1 Å². The van der Waals surface area contributed by atoms with Crippen molar-refractivity contribution >= 4 is 5.97 Å². The topological polar surface area (TPSA) is 38.8 Å². The van der Waals surface area contributed by atoms with E-state index in [9.17, 15) is 18.0 Å². The molecule has 0 spiro atoms. The minimum Gasteiger partial charge on any atom is -0.496 e. The Hall–Kier alpha value is -1.76. The monoisotopic (exact) mass is 317 g/mol. The van der Waals surface area contributed by atoms with E-state index in [4.69, 9.17) is 9.47 Å². The van der Waals surface area contributed by atoms with Gasteiger partial charge in [0.15, 0.2) is 0 Å². The van der Waals surface area contributed by atoms with Crippen LogP contribution in [0.5, 0.6) is 5.75 Å². The zero-order chi connectivity index (χ0) is 16.2. The van der Waals surface area contributed by atoms with Crippen LogP contribution in [0, 0.1) is 0 Å². The Labute approximate surface area is 126 Å². The molecule has 0 aromatic heterocycles. The molecule has 1 aliphatic rings. The number of benzene rings is 1. The van der Waals surface area contributed by atoms with E-state index in [-0.39, 0.29) is 19.2 Å². The molecule has 1 fully saturated rings. The van der Waals surface area contributed by atoms with Crippen molar-refractivity contribution in [1.29, 1.82) is 0 Å². The van der Waals surface area contributed by atoms with Gasteiger partial charge in [0.2, 0.25) is 0 Å². The van der Waals surface area contributed by atoms with Crippen LogP contribution in [-0.2, 0) is 4.74 Å². The van der Waals surface area contributed by atoms with Crippen LogP contribution in [0.25, 0.3) is 0 Å².